The number of H-pyrrole nitrogens is 1. The van der Waals surface area contributed by atoms with Crippen molar-refractivity contribution in [3.05, 3.63) is 16.8 Å². The average molecular weight is 363 g/mol. The molecule has 0 aromatic carbocycles. The van der Waals surface area contributed by atoms with Gasteiger partial charge in [-0.2, -0.15) is 4.98 Å². The molecule has 0 bridgehead atoms. The van der Waals surface area contributed by atoms with Crippen molar-refractivity contribution in [1.29, 1.82) is 0 Å². The molecule has 3 heterocycles. The molecule has 0 unspecified atom stereocenters. The first-order valence-electron chi connectivity index (χ1n) is 6.61. The summed E-state index contributed by atoms with van der Waals surface area (Å²) in [5.41, 5.74) is 5.06. The second-order valence-electron chi connectivity index (χ2n) is 5.11. The van der Waals surface area contributed by atoms with E-state index in [1.54, 1.807) is 0 Å². The van der Waals surface area contributed by atoms with Gasteiger partial charge in [0.1, 0.15) is 29.6 Å². The lowest BCUT2D eigenvalue weighted by atomic mass is 10.1. The van der Waals surface area contributed by atoms with Crippen LogP contribution in [0, 0.1) is 0 Å². The van der Waals surface area contributed by atoms with Gasteiger partial charge in [0.05, 0.1) is 12.9 Å². The Morgan fingerprint density at radius 3 is 2.79 bits per heavy atom. The largest absolute Gasteiger partial charge is 0.469 e. The number of nitrogen functional groups attached to an aromatic ring is 1. The van der Waals surface area contributed by atoms with Gasteiger partial charge in [-0.3, -0.25) is 14.1 Å². The van der Waals surface area contributed by atoms with Crippen LogP contribution in [0.1, 0.15) is 6.23 Å². The molecule has 2 aromatic rings. The van der Waals surface area contributed by atoms with Crippen LogP contribution in [0.4, 0.5) is 5.82 Å². The number of rotatable bonds is 4. The third-order valence-corrected chi connectivity index (χ3v) is 3.98. The standard InChI is InChI=1S/C10H14N5O8P/c11-7-4-8(14-10(18)13-7)15(2-12-4)9-6(17)5(16)3(23-9)1-22-24(19,20)21/h2-3,5-6,9,16-17H,1H2,(H2,19,20,21)(H3,11,13,14,18)/t3-,5-,6-,9-/m1/s1. The van der Waals surface area contributed by atoms with Crippen molar-refractivity contribution in [2.45, 2.75) is 24.5 Å². The highest BCUT2D eigenvalue weighted by Crippen LogP contribution is 2.38. The summed E-state index contributed by atoms with van der Waals surface area (Å²) in [5, 5.41) is 20.1. The Hall–Kier alpha value is -1.86. The zero-order chi connectivity index (χ0) is 17.6. The van der Waals surface area contributed by atoms with E-state index in [2.05, 4.69) is 19.5 Å². The molecule has 7 N–H and O–H groups in total. The number of imidazole rings is 1. The molecule has 1 aliphatic rings. The van der Waals surface area contributed by atoms with E-state index < -0.39 is 44.7 Å². The summed E-state index contributed by atoms with van der Waals surface area (Å²) >= 11 is 0. The van der Waals surface area contributed by atoms with Crippen LogP contribution in [0.5, 0.6) is 0 Å². The molecule has 132 valence electrons. The maximum absolute atomic E-state index is 11.4. The Morgan fingerprint density at radius 2 is 2.12 bits per heavy atom. The minimum absolute atomic E-state index is 0.0176. The predicted molar refractivity (Wildman–Crippen MR) is 76.5 cm³/mol. The summed E-state index contributed by atoms with van der Waals surface area (Å²) < 4.78 is 21.6. The van der Waals surface area contributed by atoms with Crippen LogP contribution < -0.4 is 11.4 Å². The van der Waals surface area contributed by atoms with E-state index in [1.807, 2.05) is 0 Å². The summed E-state index contributed by atoms with van der Waals surface area (Å²) in [6.07, 6.45) is -4.18. The van der Waals surface area contributed by atoms with Crippen molar-refractivity contribution in [2.24, 2.45) is 0 Å². The number of nitrogens with one attached hydrogen (secondary N) is 1. The van der Waals surface area contributed by atoms with E-state index >= 15 is 0 Å². The van der Waals surface area contributed by atoms with Gasteiger partial charge in [-0.05, 0) is 0 Å². The van der Waals surface area contributed by atoms with E-state index in [9.17, 15) is 19.6 Å². The molecule has 0 amide bonds. The van der Waals surface area contributed by atoms with Gasteiger partial charge in [0.15, 0.2) is 11.9 Å². The first kappa shape index (κ1) is 17.0. The lowest BCUT2D eigenvalue weighted by Crippen LogP contribution is -2.33. The molecule has 1 fully saturated rings. The number of nitrogens with two attached hydrogens (primary N) is 1. The fraction of sp³-hybridized carbons (Fsp3) is 0.500. The van der Waals surface area contributed by atoms with Crippen LogP contribution in [0.2, 0.25) is 0 Å². The zero-order valence-corrected chi connectivity index (χ0v) is 12.8. The van der Waals surface area contributed by atoms with Crippen molar-refractivity contribution in [3.63, 3.8) is 0 Å². The molecule has 0 aliphatic carbocycles. The highest BCUT2D eigenvalue weighted by molar-refractivity contribution is 7.46. The predicted octanol–water partition coefficient (Wildman–Crippen LogP) is -2.57. The lowest BCUT2D eigenvalue weighted by molar-refractivity contribution is -0.0504. The SMILES string of the molecule is Nc1[nH]c(=O)nc2c1ncn2[C@@H]1O[C@H](COP(=O)(O)O)[C@@H](O)[C@H]1O. The maximum atomic E-state index is 11.4. The van der Waals surface area contributed by atoms with Crippen molar-refractivity contribution in [3.8, 4) is 0 Å². The molecule has 14 heteroatoms. The number of ether oxygens (including phenoxy) is 1. The number of phosphoric acid groups is 1. The Morgan fingerprint density at radius 1 is 1.42 bits per heavy atom. The third-order valence-electron chi connectivity index (χ3n) is 3.49. The van der Waals surface area contributed by atoms with Gasteiger partial charge in [-0.1, -0.05) is 0 Å². The number of nitrogens with zero attached hydrogens (tertiary/aromatic N) is 3. The number of hydrogen-bond donors (Lipinski definition) is 6. The van der Waals surface area contributed by atoms with Crippen molar-refractivity contribution in [1.82, 2.24) is 19.5 Å². The first-order valence-corrected chi connectivity index (χ1v) is 8.14. The van der Waals surface area contributed by atoms with Crippen molar-refractivity contribution >= 4 is 24.8 Å². The van der Waals surface area contributed by atoms with Gasteiger partial charge in [-0.15, -0.1) is 0 Å². The number of aliphatic hydroxyl groups is 2. The second kappa shape index (κ2) is 5.89. The van der Waals surface area contributed by atoms with Crippen molar-refractivity contribution < 1.29 is 33.8 Å². The van der Waals surface area contributed by atoms with Gasteiger partial charge in [0, 0.05) is 0 Å². The Bertz CT molecular complexity index is 861. The molecule has 1 aliphatic heterocycles. The molecule has 2 aromatic heterocycles. The number of phosphoric ester groups is 1. The molecular weight excluding hydrogens is 349 g/mol. The van der Waals surface area contributed by atoms with E-state index in [0.29, 0.717) is 0 Å². The topological polar surface area (TPSA) is 206 Å². The quantitative estimate of drug-likeness (QED) is 0.311. The molecule has 0 spiro atoms. The summed E-state index contributed by atoms with van der Waals surface area (Å²) in [7, 11) is -4.76. The van der Waals surface area contributed by atoms with Crippen LogP contribution in [0.25, 0.3) is 11.2 Å². The van der Waals surface area contributed by atoms with E-state index in [0.717, 1.165) is 0 Å². The van der Waals surface area contributed by atoms with E-state index in [1.165, 1.54) is 10.9 Å². The second-order valence-corrected chi connectivity index (χ2v) is 6.35. The fourth-order valence-electron chi connectivity index (χ4n) is 2.41. The normalized spacial score (nSPS) is 27.8. The number of aromatic amines is 1. The molecular formula is C10H14N5O8P. The zero-order valence-electron chi connectivity index (χ0n) is 11.9. The molecule has 24 heavy (non-hydrogen) atoms. The smallest absolute Gasteiger partial charge is 0.387 e. The van der Waals surface area contributed by atoms with Crippen molar-refractivity contribution in [2.75, 3.05) is 12.3 Å². The molecule has 1 saturated heterocycles. The van der Waals surface area contributed by atoms with E-state index in [-0.39, 0.29) is 17.0 Å². The van der Waals surface area contributed by atoms with Crippen LogP contribution in [0.3, 0.4) is 0 Å². The minimum Gasteiger partial charge on any atom is -0.387 e. The monoisotopic (exact) mass is 363 g/mol. The lowest BCUT2D eigenvalue weighted by Gasteiger charge is -2.16. The first-order chi connectivity index (χ1) is 11.2. The molecule has 0 radical (unpaired) electrons. The van der Waals surface area contributed by atoms with Crippen LogP contribution in [-0.2, 0) is 13.8 Å². The highest BCUT2D eigenvalue weighted by Gasteiger charge is 2.45. The summed E-state index contributed by atoms with van der Waals surface area (Å²) in [5.74, 6) is -0.0295. The molecule has 0 saturated carbocycles. The Kier molecular flexibility index (Phi) is 4.17. The summed E-state index contributed by atoms with van der Waals surface area (Å²) in [6.45, 7) is -0.651. The van der Waals surface area contributed by atoms with Gasteiger partial charge in [0.2, 0.25) is 0 Å². The van der Waals surface area contributed by atoms with Crippen LogP contribution in [0.15, 0.2) is 11.1 Å². The highest BCUT2D eigenvalue weighted by atomic mass is 31.2. The van der Waals surface area contributed by atoms with Crippen LogP contribution >= 0.6 is 7.82 Å². The van der Waals surface area contributed by atoms with Gasteiger partial charge >= 0.3 is 13.5 Å². The molecule has 4 atom stereocenters. The Balaban J connectivity index is 1.90. The number of aliphatic hydroxyl groups excluding tert-OH is 2. The van der Waals surface area contributed by atoms with Gasteiger partial charge in [0.25, 0.3) is 0 Å². The molecule has 3 rings (SSSR count). The van der Waals surface area contributed by atoms with Crippen LogP contribution in [-0.4, -0.2) is 64.4 Å². The minimum atomic E-state index is -4.76. The van der Waals surface area contributed by atoms with Gasteiger partial charge < -0.3 is 30.5 Å². The maximum Gasteiger partial charge on any atom is 0.469 e. The van der Waals surface area contributed by atoms with E-state index in [4.69, 9.17) is 20.3 Å². The van der Waals surface area contributed by atoms with Gasteiger partial charge in [-0.25, -0.2) is 14.3 Å². The number of fused-ring (bicyclic) bond motifs is 1. The summed E-state index contributed by atoms with van der Waals surface area (Å²) in [6, 6.07) is 0. The third kappa shape index (κ3) is 3.06. The average Bonchev–Trinajstić information content (AvgIpc) is 3.00. The fourth-order valence-corrected chi connectivity index (χ4v) is 2.75. The number of anilines is 1. The molecule has 13 nitrogen and oxygen atoms in total. The number of hydrogen-bond acceptors (Lipinski definition) is 9. The summed E-state index contributed by atoms with van der Waals surface area (Å²) in [4.78, 5) is 38.7. The Labute approximate surface area is 132 Å². The number of aromatic nitrogens is 4.